The molecule has 0 saturated heterocycles. The van der Waals surface area contributed by atoms with E-state index in [0.29, 0.717) is 17.9 Å². The molecule has 2 heterocycles. The van der Waals surface area contributed by atoms with Gasteiger partial charge in [-0.05, 0) is 6.08 Å². The van der Waals surface area contributed by atoms with E-state index in [2.05, 4.69) is 4.98 Å². The fourth-order valence-electron chi connectivity index (χ4n) is 1.16. The molecule has 0 radical (unpaired) electrons. The monoisotopic (exact) mass is 161 g/mol. The van der Waals surface area contributed by atoms with Crippen LogP contribution in [0.5, 0.6) is 5.75 Å². The molecule has 0 spiro atoms. The van der Waals surface area contributed by atoms with Crippen molar-refractivity contribution in [1.82, 2.24) is 4.98 Å². The van der Waals surface area contributed by atoms with Gasteiger partial charge < -0.3 is 4.74 Å². The molecule has 0 saturated carbocycles. The Balaban J connectivity index is 2.60. The maximum absolute atomic E-state index is 10.5. The third-order valence-corrected chi connectivity index (χ3v) is 1.70. The highest BCUT2D eigenvalue weighted by Gasteiger charge is 2.09. The number of hydrogen-bond acceptors (Lipinski definition) is 3. The lowest BCUT2D eigenvalue weighted by Crippen LogP contribution is -2.03. The van der Waals surface area contributed by atoms with Crippen molar-refractivity contribution < 1.29 is 9.53 Å². The van der Waals surface area contributed by atoms with Crippen LogP contribution in [-0.2, 0) is 0 Å². The number of aldehydes is 1. The summed E-state index contributed by atoms with van der Waals surface area (Å²) in [5, 5.41) is 0. The molecule has 0 aliphatic carbocycles. The summed E-state index contributed by atoms with van der Waals surface area (Å²) in [6, 6.07) is 0. The standard InChI is InChI=1S/C9H7NO2/c11-6-8-5-10-4-7-2-1-3-12-9(7)8/h1-2,4-6H,3H2. The summed E-state index contributed by atoms with van der Waals surface area (Å²) >= 11 is 0. The number of pyridine rings is 1. The van der Waals surface area contributed by atoms with Gasteiger partial charge >= 0.3 is 0 Å². The number of carbonyl (C=O) groups excluding carboxylic acids is 1. The van der Waals surface area contributed by atoms with E-state index in [4.69, 9.17) is 4.74 Å². The molecule has 0 N–H and O–H groups in total. The fourth-order valence-corrected chi connectivity index (χ4v) is 1.16. The highest BCUT2D eigenvalue weighted by atomic mass is 16.5. The largest absolute Gasteiger partial charge is 0.488 e. The van der Waals surface area contributed by atoms with E-state index >= 15 is 0 Å². The molecule has 0 fully saturated rings. The van der Waals surface area contributed by atoms with Crippen LogP contribution in [0, 0.1) is 0 Å². The second kappa shape index (κ2) is 2.77. The zero-order valence-electron chi connectivity index (χ0n) is 6.36. The Kier molecular flexibility index (Phi) is 1.63. The van der Waals surface area contributed by atoms with Gasteiger partial charge in [0.2, 0.25) is 0 Å². The van der Waals surface area contributed by atoms with Crippen LogP contribution in [0.3, 0.4) is 0 Å². The van der Waals surface area contributed by atoms with Gasteiger partial charge in [-0.25, -0.2) is 0 Å². The van der Waals surface area contributed by atoms with Crippen LogP contribution < -0.4 is 4.74 Å². The van der Waals surface area contributed by atoms with Crippen LogP contribution in [0.25, 0.3) is 6.08 Å². The van der Waals surface area contributed by atoms with Crippen molar-refractivity contribution in [3.8, 4) is 5.75 Å². The Labute approximate surface area is 69.7 Å². The molecular weight excluding hydrogens is 154 g/mol. The van der Waals surface area contributed by atoms with Gasteiger partial charge in [-0.2, -0.15) is 0 Å². The molecule has 60 valence electrons. The summed E-state index contributed by atoms with van der Waals surface area (Å²) < 4.78 is 5.29. The third-order valence-electron chi connectivity index (χ3n) is 1.70. The van der Waals surface area contributed by atoms with Gasteiger partial charge in [-0.15, -0.1) is 0 Å². The van der Waals surface area contributed by atoms with Crippen molar-refractivity contribution in [2.75, 3.05) is 6.61 Å². The number of rotatable bonds is 1. The maximum atomic E-state index is 10.5. The summed E-state index contributed by atoms with van der Waals surface area (Å²) in [7, 11) is 0. The normalized spacial score (nSPS) is 13.3. The number of aromatic nitrogens is 1. The Bertz CT molecular complexity index is 344. The summed E-state index contributed by atoms with van der Waals surface area (Å²) in [6.07, 6.45) is 7.73. The lowest BCUT2D eigenvalue weighted by Gasteiger charge is -2.12. The average Bonchev–Trinajstić information content (AvgIpc) is 2.17. The van der Waals surface area contributed by atoms with Crippen molar-refractivity contribution in [3.05, 3.63) is 29.6 Å². The summed E-state index contributed by atoms with van der Waals surface area (Å²) in [5.41, 5.74) is 1.38. The molecule has 1 aliphatic heterocycles. The Morgan fingerprint density at radius 2 is 2.42 bits per heavy atom. The lowest BCUT2D eigenvalue weighted by molar-refractivity contribution is 0.111. The van der Waals surface area contributed by atoms with Crippen LogP contribution in [0.15, 0.2) is 18.5 Å². The third kappa shape index (κ3) is 0.993. The molecule has 3 nitrogen and oxygen atoms in total. The van der Waals surface area contributed by atoms with Crippen molar-refractivity contribution in [3.63, 3.8) is 0 Å². The molecule has 0 atom stereocenters. The average molecular weight is 161 g/mol. The maximum Gasteiger partial charge on any atom is 0.155 e. The summed E-state index contributed by atoms with van der Waals surface area (Å²) in [4.78, 5) is 14.4. The first-order chi connectivity index (χ1) is 5.92. The van der Waals surface area contributed by atoms with Crippen LogP contribution >= 0.6 is 0 Å². The molecule has 1 aliphatic rings. The van der Waals surface area contributed by atoms with Gasteiger partial charge in [0.1, 0.15) is 12.4 Å². The van der Waals surface area contributed by atoms with Gasteiger partial charge in [0, 0.05) is 18.0 Å². The molecule has 0 aromatic carbocycles. The first-order valence-corrected chi connectivity index (χ1v) is 3.64. The highest BCUT2D eigenvalue weighted by Crippen LogP contribution is 2.25. The van der Waals surface area contributed by atoms with Crippen LogP contribution in [0.2, 0.25) is 0 Å². The minimum Gasteiger partial charge on any atom is -0.488 e. The SMILES string of the molecule is O=Cc1cncc2c1OCC=C2. The smallest absolute Gasteiger partial charge is 0.155 e. The van der Waals surface area contributed by atoms with E-state index in [9.17, 15) is 4.79 Å². The van der Waals surface area contributed by atoms with Gasteiger partial charge in [0.05, 0.1) is 5.56 Å². The van der Waals surface area contributed by atoms with E-state index in [-0.39, 0.29) is 0 Å². The van der Waals surface area contributed by atoms with E-state index in [1.165, 1.54) is 6.20 Å². The van der Waals surface area contributed by atoms with Crippen LogP contribution in [-0.4, -0.2) is 17.9 Å². The minimum absolute atomic E-state index is 0.511. The molecule has 12 heavy (non-hydrogen) atoms. The summed E-state index contributed by atoms with van der Waals surface area (Å²) in [6.45, 7) is 0.526. The lowest BCUT2D eigenvalue weighted by atomic mass is 10.1. The van der Waals surface area contributed by atoms with Gasteiger partial charge in [-0.1, -0.05) is 6.08 Å². The Morgan fingerprint density at radius 1 is 1.50 bits per heavy atom. The zero-order chi connectivity index (χ0) is 8.39. The van der Waals surface area contributed by atoms with Gasteiger partial charge in [0.25, 0.3) is 0 Å². The van der Waals surface area contributed by atoms with E-state index in [1.54, 1.807) is 6.20 Å². The van der Waals surface area contributed by atoms with Crippen molar-refractivity contribution in [2.24, 2.45) is 0 Å². The summed E-state index contributed by atoms with van der Waals surface area (Å²) in [5.74, 6) is 0.641. The van der Waals surface area contributed by atoms with Gasteiger partial charge in [-0.3, -0.25) is 9.78 Å². The van der Waals surface area contributed by atoms with Crippen molar-refractivity contribution >= 4 is 12.4 Å². The highest BCUT2D eigenvalue weighted by molar-refractivity contribution is 5.82. The predicted octanol–water partition coefficient (Wildman–Crippen LogP) is 1.30. The quantitative estimate of drug-likeness (QED) is 0.583. The second-order valence-corrected chi connectivity index (χ2v) is 2.48. The second-order valence-electron chi connectivity index (χ2n) is 2.48. The molecule has 0 bridgehead atoms. The molecule has 1 aromatic rings. The van der Waals surface area contributed by atoms with Crippen LogP contribution in [0.4, 0.5) is 0 Å². The fraction of sp³-hybridized carbons (Fsp3) is 0.111. The molecular formula is C9H7NO2. The number of hydrogen-bond donors (Lipinski definition) is 0. The number of ether oxygens (including phenoxy) is 1. The van der Waals surface area contributed by atoms with E-state index in [1.807, 2.05) is 12.2 Å². The van der Waals surface area contributed by atoms with Crippen LogP contribution in [0.1, 0.15) is 15.9 Å². The number of fused-ring (bicyclic) bond motifs is 1. The minimum atomic E-state index is 0.511. The van der Waals surface area contributed by atoms with E-state index < -0.39 is 0 Å². The molecule has 3 heteroatoms. The van der Waals surface area contributed by atoms with E-state index in [0.717, 1.165) is 11.8 Å². The van der Waals surface area contributed by atoms with Crippen molar-refractivity contribution in [2.45, 2.75) is 0 Å². The Hall–Kier alpha value is -1.64. The Morgan fingerprint density at radius 3 is 3.25 bits per heavy atom. The topological polar surface area (TPSA) is 39.2 Å². The molecule has 0 unspecified atom stereocenters. The first-order valence-electron chi connectivity index (χ1n) is 3.64. The number of nitrogens with zero attached hydrogens (tertiary/aromatic N) is 1. The molecule has 2 rings (SSSR count). The molecule has 0 amide bonds. The first kappa shape index (κ1) is 7.03. The zero-order valence-corrected chi connectivity index (χ0v) is 6.36. The molecule has 1 aromatic heterocycles. The van der Waals surface area contributed by atoms with Crippen molar-refractivity contribution in [1.29, 1.82) is 0 Å². The predicted molar refractivity (Wildman–Crippen MR) is 44.2 cm³/mol. The van der Waals surface area contributed by atoms with Gasteiger partial charge in [0.15, 0.2) is 6.29 Å². The number of carbonyl (C=O) groups is 1.